The summed E-state index contributed by atoms with van der Waals surface area (Å²) in [6.45, 7) is 1.91. The summed E-state index contributed by atoms with van der Waals surface area (Å²) in [7, 11) is 1.54. The lowest BCUT2D eigenvalue weighted by molar-refractivity contribution is 0.111. The Morgan fingerprint density at radius 2 is 2.23 bits per heavy atom. The summed E-state index contributed by atoms with van der Waals surface area (Å²) in [5, 5.41) is 9.36. The third-order valence-corrected chi connectivity index (χ3v) is 1.98. The fourth-order valence-electron chi connectivity index (χ4n) is 1.32. The second-order valence-electron chi connectivity index (χ2n) is 2.65. The molecule has 1 aromatic carbocycles. The molecule has 0 fully saturated rings. The molecule has 70 valence electrons. The topological polar surface area (TPSA) is 46.5 Å². The summed E-state index contributed by atoms with van der Waals surface area (Å²) in [6.07, 6.45) is 1.31. The van der Waals surface area contributed by atoms with Crippen LogP contribution in [-0.4, -0.2) is 18.5 Å². The van der Waals surface area contributed by atoms with E-state index in [1.165, 1.54) is 6.07 Å². The maximum atomic E-state index is 10.7. The monoisotopic (exact) mass is 180 g/mol. The van der Waals surface area contributed by atoms with E-state index in [-0.39, 0.29) is 5.75 Å². The number of hydrogen-bond donors (Lipinski definition) is 1. The maximum Gasteiger partial charge on any atom is 0.154 e. The molecular formula is C10H12O3. The maximum absolute atomic E-state index is 10.7. The Morgan fingerprint density at radius 1 is 1.54 bits per heavy atom. The van der Waals surface area contributed by atoms with Gasteiger partial charge in [-0.1, -0.05) is 6.92 Å². The minimum atomic E-state index is 0.00708. The van der Waals surface area contributed by atoms with Crippen LogP contribution < -0.4 is 4.74 Å². The molecule has 0 unspecified atom stereocenters. The Hall–Kier alpha value is -1.51. The first-order chi connectivity index (χ1) is 6.24. The molecule has 1 N–H and O–H groups in total. The molecule has 0 spiro atoms. The highest BCUT2D eigenvalue weighted by molar-refractivity contribution is 5.82. The number of methoxy groups -OCH3 is 1. The van der Waals surface area contributed by atoms with Crippen LogP contribution in [-0.2, 0) is 6.42 Å². The number of aldehydes is 1. The Morgan fingerprint density at radius 3 is 2.69 bits per heavy atom. The normalized spacial score (nSPS) is 9.69. The summed E-state index contributed by atoms with van der Waals surface area (Å²) < 4.78 is 5.06. The van der Waals surface area contributed by atoms with Gasteiger partial charge in [-0.2, -0.15) is 0 Å². The highest BCUT2D eigenvalue weighted by atomic mass is 16.5. The highest BCUT2D eigenvalue weighted by Crippen LogP contribution is 2.28. The first-order valence-corrected chi connectivity index (χ1v) is 4.08. The smallest absolute Gasteiger partial charge is 0.154 e. The average Bonchev–Trinajstić information content (AvgIpc) is 2.17. The fourth-order valence-corrected chi connectivity index (χ4v) is 1.32. The van der Waals surface area contributed by atoms with Crippen molar-refractivity contribution in [2.45, 2.75) is 13.3 Å². The number of aromatic hydroxyl groups is 1. The number of benzene rings is 1. The highest BCUT2D eigenvalue weighted by Gasteiger charge is 2.10. The lowest BCUT2D eigenvalue weighted by Gasteiger charge is -2.09. The van der Waals surface area contributed by atoms with Crippen molar-refractivity contribution in [3.05, 3.63) is 23.3 Å². The van der Waals surface area contributed by atoms with Crippen LogP contribution in [0.3, 0.4) is 0 Å². The SMILES string of the molecule is CCc1c(OC)ccc(O)c1C=O. The van der Waals surface area contributed by atoms with E-state index in [1.54, 1.807) is 13.2 Å². The molecular weight excluding hydrogens is 168 g/mol. The first kappa shape index (κ1) is 9.58. The van der Waals surface area contributed by atoms with E-state index in [4.69, 9.17) is 4.74 Å². The van der Waals surface area contributed by atoms with Crippen molar-refractivity contribution >= 4 is 6.29 Å². The van der Waals surface area contributed by atoms with Gasteiger partial charge in [-0.05, 0) is 18.6 Å². The lowest BCUT2D eigenvalue weighted by Crippen LogP contribution is -1.96. The number of carbonyl (C=O) groups excluding carboxylic acids is 1. The van der Waals surface area contributed by atoms with Crippen LogP contribution in [0.25, 0.3) is 0 Å². The van der Waals surface area contributed by atoms with Gasteiger partial charge in [0.25, 0.3) is 0 Å². The molecule has 13 heavy (non-hydrogen) atoms. The van der Waals surface area contributed by atoms with Crippen molar-refractivity contribution in [1.82, 2.24) is 0 Å². The summed E-state index contributed by atoms with van der Waals surface area (Å²) in [5.74, 6) is 0.648. The molecule has 0 amide bonds. The summed E-state index contributed by atoms with van der Waals surface area (Å²) in [4.78, 5) is 10.7. The van der Waals surface area contributed by atoms with E-state index < -0.39 is 0 Å². The number of hydrogen-bond acceptors (Lipinski definition) is 3. The van der Waals surface area contributed by atoms with Crippen molar-refractivity contribution < 1.29 is 14.6 Å². The number of phenolic OH excluding ortho intramolecular Hbond substituents is 1. The van der Waals surface area contributed by atoms with Gasteiger partial charge in [-0.3, -0.25) is 4.79 Å². The van der Waals surface area contributed by atoms with Crippen molar-refractivity contribution in [3.8, 4) is 11.5 Å². The predicted octanol–water partition coefficient (Wildman–Crippen LogP) is 1.78. The molecule has 0 radical (unpaired) electrons. The van der Waals surface area contributed by atoms with Crippen LogP contribution in [0, 0.1) is 0 Å². The minimum absolute atomic E-state index is 0.00708. The fraction of sp³-hybridized carbons (Fsp3) is 0.300. The van der Waals surface area contributed by atoms with E-state index in [2.05, 4.69) is 0 Å². The van der Waals surface area contributed by atoms with Gasteiger partial charge in [-0.25, -0.2) is 0 Å². The van der Waals surface area contributed by atoms with Crippen molar-refractivity contribution in [3.63, 3.8) is 0 Å². The minimum Gasteiger partial charge on any atom is -0.507 e. The quantitative estimate of drug-likeness (QED) is 0.721. The molecule has 3 nitrogen and oxygen atoms in total. The first-order valence-electron chi connectivity index (χ1n) is 4.08. The van der Waals surface area contributed by atoms with Crippen LogP contribution in [0.4, 0.5) is 0 Å². The largest absolute Gasteiger partial charge is 0.507 e. The van der Waals surface area contributed by atoms with E-state index in [0.717, 1.165) is 5.56 Å². The predicted molar refractivity (Wildman–Crippen MR) is 49.4 cm³/mol. The molecule has 0 aromatic heterocycles. The van der Waals surface area contributed by atoms with E-state index in [0.29, 0.717) is 24.0 Å². The molecule has 0 aliphatic carbocycles. The number of ether oxygens (including phenoxy) is 1. The number of carbonyl (C=O) groups is 1. The summed E-state index contributed by atoms with van der Waals surface area (Å²) in [5.41, 5.74) is 1.07. The molecule has 1 aromatic rings. The van der Waals surface area contributed by atoms with Crippen LogP contribution >= 0.6 is 0 Å². The molecule has 0 saturated carbocycles. The Bertz CT molecular complexity index is 318. The zero-order chi connectivity index (χ0) is 9.84. The molecule has 0 atom stereocenters. The van der Waals surface area contributed by atoms with Gasteiger partial charge >= 0.3 is 0 Å². The molecule has 0 saturated heterocycles. The van der Waals surface area contributed by atoms with Gasteiger partial charge in [-0.15, -0.1) is 0 Å². The zero-order valence-corrected chi connectivity index (χ0v) is 7.70. The van der Waals surface area contributed by atoms with Crippen molar-refractivity contribution in [1.29, 1.82) is 0 Å². The van der Waals surface area contributed by atoms with Gasteiger partial charge in [0.2, 0.25) is 0 Å². The average molecular weight is 180 g/mol. The van der Waals surface area contributed by atoms with Crippen LogP contribution in [0.15, 0.2) is 12.1 Å². The van der Waals surface area contributed by atoms with Gasteiger partial charge in [0.15, 0.2) is 6.29 Å². The van der Waals surface area contributed by atoms with Crippen molar-refractivity contribution in [2.24, 2.45) is 0 Å². The summed E-state index contributed by atoms with van der Waals surface area (Å²) >= 11 is 0. The van der Waals surface area contributed by atoms with Crippen LogP contribution in [0.1, 0.15) is 22.8 Å². The standard InChI is InChI=1S/C10H12O3/c1-3-7-8(6-11)9(12)4-5-10(7)13-2/h4-6,12H,3H2,1-2H3. The van der Waals surface area contributed by atoms with Crippen LogP contribution in [0.5, 0.6) is 11.5 Å². The molecule has 3 heteroatoms. The van der Waals surface area contributed by atoms with E-state index in [9.17, 15) is 9.90 Å². The lowest BCUT2D eigenvalue weighted by atomic mass is 10.0. The molecule has 0 aliphatic rings. The molecule has 0 aliphatic heterocycles. The van der Waals surface area contributed by atoms with E-state index >= 15 is 0 Å². The van der Waals surface area contributed by atoms with Gasteiger partial charge in [0.1, 0.15) is 11.5 Å². The van der Waals surface area contributed by atoms with Crippen LogP contribution in [0.2, 0.25) is 0 Å². The van der Waals surface area contributed by atoms with Crippen molar-refractivity contribution in [2.75, 3.05) is 7.11 Å². The molecule has 1 rings (SSSR count). The second-order valence-corrected chi connectivity index (χ2v) is 2.65. The Labute approximate surface area is 77.0 Å². The molecule has 0 bridgehead atoms. The number of rotatable bonds is 3. The van der Waals surface area contributed by atoms with Gasteiger partial charge in [0.05, 0.1) is 12.7 Å². The Kier molecular flexibility index (Phi) is 2.90. The third-order valence-electron chi connectivity index (χ3n) is 1.98. The van der Waals surface area contributed by atoms with Gasteiger partial charge in [0, 0.05) is 5.56 Å². The zero-order valence-electron chi connectivity index (χ0n) is 7.70. The van der Waals surface area contributed by atoms with E-state index in [1.807, 2.05) is 6.92 Å². The van der Waals surface area contributed by atoms with Gasteiger partial charge < -0.3 is 9.84 Å². The molecule has 0 heterocycles. The Balaban J connectivity index is 3.36. The summed E-state index contributed by atoms with van der Waals surface area (Å²) in [6, 6.07) is 3.11. The third kappa shape index (κ3) is 1.64. The second kappa shape index (κ2) is 3.94. The number of phenols is 1.